The molecular weight excluding hydrogens is 286 g/mol. The third-order valence-corrected chi connectivity index (χ3v) is 5.11. The number of aryl methyl sites for hydroxylation is 1. The van der Waals surface area contributed by atoms with E-state index in [1.807, 2.05) is 19.1 Å². The Labute approximate surface area is 130 Å². The summed E-state index contributed by atoms with van der Waals surface area (Å²) >= 11 is 6.07. The van der Waals surface area contributed by atoms with E-state index in [0.29, 0.717) is 10.6 Å². The molecule has 3 N–H and O–H groups in total. The van der Waals surface area contributed by atoms with Gasteiger partial charge in [-0.05, 0) is 63.3 Å². The van der Waals surface area contributed by atoms with Crippen molar-refractivity contribution in [1.82, 2.24) is 10.6 Å². The summed E-state index contributed by atoms with van der Waals surface area (Å²) in [6.07, 6.45) is 5.80. The lowest BCUT2D eigenvalue weighted by molar-refractivity contribution is 0.122. The summed E-state index contributed by atoms with van der Waals surface area (Å²) in [4.78, 5) is 12.1. The number of piperidine rings is 1. The molecular formula is C16H22ClN3O. The van der Waals surface area contributed by atoms with Crippen molar-refractivity contribution in [1.29, 1.82) is 0 Å². The molecule has 1 unspecified atom stereocenters. The maximum Gasteiger partial charge on any atom is 0.319 e. The molecule has 1 heterocycles. The Kier molecular flexibility index (Phi) is 4.09. The average molecular weight is 308 g/mol. The van der Waals surface area contributed by atoms with E-state index in [9.17, 15) is 4.79 Å². The quantitative estimate of drug-likeness (QED) is 0.784. The summed E-state index contributed by atoms with van der Waals surface area (Å²) in [7, 11) is 0. The number of amides is 2. The highest BCUT2D eigenvalue weighted by molar-refractivity contribution is 6.31. The predicted octanol–water partition coefficient (Wildman–Crippen LogP) is 3.44. The smallest absolute Gasteiger partial charge is 0.319 e. The van der Waals surface area contributed by atoms with Crippen LogP contribution in [0.3, 0.4) is 0 Å². The molecule has 0 bridgehead atoms. The first-order valence-electron chi connectivity index (χ1n) is 7.65. The fourth-order valence-electron chi connectivity index (χ4n) is 3.29. The van der Waals surface area contributed by atoms with E-state index < -0.39 is 0 Å². The number of hydrogen-bond donors (Lipinski definition) is 3. The molecule has 1 aromatic rings. The van der Waals surface area contributed by atoms with E-state index in [1.165, 1.54) is 19.3 Å². The molecule has 1 spiro atoms. The maximum absolute atomic E-state index is 12.1. The lowest BCUT2D eigenvalue weighted by atomic mass is 9.70. The Morgan fingerprint density at radius 2 is 2.24 bits per heavy atom. The molecule has 4 nitrogen and oxygen atoms in total. The second-order valence-corrected chi connectivity index (χ2v) is 6.72. The molecule has 1 aliphatic carbocycles. The summed E-state index contributed by atoms with van der Waals surface area (Å²) in [5, 5.41) is 10.2. The number of anilines is 1. The molecule has 3 rings (SSSR count). The Balaban J connectivity index is 1.55. The molecule has 1 aromatic carbocycles. The molecule has 2 aliphatic rings. The number of carbonyl (C=O) groups is 1. The van der Waals surface area contributed by atoms with Gasteiger partial charge >= 0.3 is 6.03 Å². The second-order valence-electron chi connectivity index (χ2n) is 6.31. The zero-order valence-corrected chi connectivity index (χ0v) is 13.1. The van der Waals surface area contributed by atoms with Gasteiger partial charge in [0.1, 0.15) is 0 Å². The van der Waals surface area contributed by atoms with Crippen LogP contribution in [0.15, 0.2) is 18.2 Å². The third-order valence-electron chi connectivity index (χ3n) is 4.71. The maximum atomic E-state index is 12.1. The zero-order valence-electron chi connectivity index (χ0n) is 12.3. The fourth-order valence-corrected chi connectivity index (χ4v) is 3.47. The topological polar surface area (TPSA) is 53.2 Å². The number of hydrogen-bond acceptors (Lipinski definition) is 2. The van der Waals surface area contributed by atoms with Gasteiger partial charge in [-0.15, -0.1) is 0 Å². The SMILES string of the molecule is Cc1ccc(NC(=O)NC2CCNC3(CCC3)C2)cc1Cl. The van der Waals surface area contributed by atoms with Crippen LogP contribution in [-0.4, -0.2) is 24.2 Å². The van der Waals surface area contributed by atoms with E-state index in [4.69, 9.17) is 11.6 Å². The number of nitrogens with one attached hydrogen (secondary N) is 3. The van der Waals surface area contributed by atoms with E-state index >= 15 is 0 Å². The highest BCUT2D eigenvalue weighted by atomic mass is 35.5. The van der Waals surface area contributed by atoms with Crippen molar-refractivity contribution >= 4 is 23.3 Å². The molecule has 114 valence electrons. The lowest BCUT2D eigenvalue weighted by Crippen LogP contribution is -2.60. The van der Waals surface area contributed by atoms with Crippen LogP contribution in [0.2, 0.25) is 5.02 Å². The summed E-state index contributed by atoms with van der Waals surface area (Å²) in [6.45, 7) is 2.93. The highest BCUT2D eigenvalue weighted by Gasteiger charge is 2.41. The summed E-state index contributed by atoms with van der Waals surface area (Å²) < 4.78 is 0. The van der Waals surface area contributed by atoms with Gasteiger partial charge in [-0.3, -0.25) is 0 Å². The molecule has 2 amide bonds. The van der Waals surface area contributed by atoms with Crippen molar-refractivity contribution in [3.05, 3.63) is 28.8 Å². The number of benzene rings is 1. The van der Waals surface area contributed by atoms with Crippen molar-refractivity contribution in [2.24, 2.45) is 0 Å². The lowest BCUT2D eigenvalue weighted by Gasteiger charge is -2.48. The molecule has 1 aliphatic heterocycles. The van der Waals surface area contributed by atoms with E-state index in [2.05, 4.69) is 16.0 Å². The Morgan fingerprint density at radius 3 is 2.90 bits per heavy atom. The standard InChI is InChI=1S/C16H22ClN3O/c1-11-3-4-12(9-14(11)17)19-15(21)20-13-5-8-18-16(10-13)6-2-7-16/h3-4,9,13,18H,2,5-8,10H2,1H3,(H2,19,20,21). The molecule has 0 aromatic heterocycles. The average Bonchev–Trinajstić information content (AvgIpc) is 2.41. The zero-order chi connectivity index (χ0) is 14.9. The van der Waals surface area contributed by atoms with Gasteiger partial charge in [0, 0.05) is 22.3 Å². The van der Waals surface area contributed by atoms with Gasteiger partial charge < -0.3 is 16.0 Å². The van der Waals surface area contributed by atoms with Gasteiger partial charge in [0.15, 0.2) is 0 Å². The molecule has 2 fully saturated rings. The van der Waals surface area contributed by atoms with E-state index in [-0.39, 0.29) is 12.1 Å². The minimum Gasteiger partial charge on any atom is -0.335 e. The molecule has 5 heteroatoms. The molecule has 21 heavy (non-hydrogen) atoms. The minimum absolute atomic E-state index is 0.142. The summed E-state index contributed by atoms with van der Waals surface area (Å²) in [5.41, 5.74) is 2.03. The molecule has 0 radical (unpaired) electrons. The minimum atomic E-state index is -0.142. The Bertz CT molecular complexity index is 542. The van der Waals surface area contributed by atoms with Gasteiger partial charge in [-0.1, -0.05) is 17.7 Å². The first-order chi connectivity index (χ1) is 10.1. The van der Waals surface area contributed by atoms with Gasteiger partial charge in [0.05, 0.1) is 0 Å². The van der Waals surface area contributed by atoms with Crippen LogP contribution in [0.1, 0.15) is 37.7 Å². The first kappa shape index (κ1) is 14.7. The van der Waals surface area contributed by atoms with Gasteiger partial charge in [0.25, 0.3) is 0 Å². The van der Waals surface area contributed by atoms with Crippen LogP contribution >= 0.6 is 11.6 Å². The number of rotatable bonds is 2. The van der Waals surface area contributed by atoms with Crippen LogP contribution in [0, 0.1) is 6.92 Å². The normalized spacial score (nSPS) is 23.4. The number of urea groups is 1. The van der Waals surface area contributed by atoms with Crippen molar-refractivity contribution in [3.8, 4) is 0 Å². The van der Waals surface area contributed by atoms with E-state index in [0.717, 1.165) is 30.6 Å². The molecule has 1 atom stereocenters. The fraction of sp³-hybridized carbons (Fsp3) is 0.562. The van der Waals surface area contributed by atoms with Crippen molar-refractivity contribution in [2.75, 3.05) is 11.9 Å². The molecule has 1 saturated carbocycles. The highest BCUT2D eigenvalue weighted by Crippen LogP contribution is 2.38. The van der Waals surface area contributed by atoms with Crippen LogP contribution in [0.5, 0.6) is 0 Å². The second kappa shape index (κ2) is 5.85. The van der Waals surface area contributed by atoms with Crippen LogP contribution < -0.4 is 16.0 Å². The predicted molar refractivity (Wildman–Crippen MR) is 86.0 cm³/mol. The van der Waals surface area contributed by atoms with Gasteiger partial charge in [-0.25, -0.2) is 4.79 Å². The van der Waals surface area contributed by atoms with Crippen LogP contribution in [-0.2, 0) is 0 Å². The van der Waals surface area contributed by atoms with Crippen LogP contribution in [0.25, 0.3) is 0 Å². The number of halogens is 1. The van der Waals surface area contributed by atoms with Crippen molar-refractivity contribution in [3.63, 3.8) is 0 Å². The monoisotopic (exact) mass is 307 g/mol. The largest absolute Gasteiger partial charge is 0.335 e. The Morgan fingerprint density at radius 1 is 1.43 bits per heavy atom. The third kappa shape index (κ3) is 3.33. The van der Waals surface area contributed by atoms with Gasteiger partial charge in [-0.2, -0.15) is 0 Å². The number of carbonyl (C=O) groups excluding carboxylic acids is 1. The summed E-state index contributed by atoms with van der Waals surface area (Å²) in [5.74, 6) is 0. The van der Waals surface area contributed by atoms with Crippen LogP contribution in [0.4, 0.5) is 10.5 Å². The van der Waals surface area contributed by atoms with E-state index in [1.54, 1.807) is 6.07 Å². The summed E-state index contributed by atoms with van der Waals surface area (Å²) in [6, 6.07) is 5.68. The molecule has 1 saturated heterocycles. The first-order valence-corrected chi connectivity index (χ1v) is 8.03. The van der Waals surface area contributed by atoms with Crippen molar-refractivity contribution in [2.45, 2.75) is 50.6 Å². The van der Waals surface area contributed by atoms with Gasteiger partial charge in [0.2, 0.25) is 0 Å². The van der Waals surface area contributed by atoms with Crippen molar-refractivity contribution < 1.29 is 4.79 Å². The Hall–Kier alpha value is -1.26.